The minimum absolute atomic E-state index is 0.00277. The molecule has 2 aromatic carbocycles. The minimum Gasteiger partial charge on any atom is -0.493 e. The highest BCUT2D eigenvalue weighted by Crippen LogP contribution is 2.37. The number of carbonyl (C=O) groups is 1. The van der Waals surface area contributed by atoms with Crippen LogP contribution in [0.3, 0.4) is 0 Å². The molecular formula is C27H31F3N6O4. The maximum atomic E-state index is 13.4. The van der Waals surface area contributed by atoms with Crippen molar-refractivity contribution in [3.8, 4) is 11.5 Å². The predicted octanol–water partition coefficient (Wildman–Crippen LogP) is 4.24. The van der Waals surface area contributed by atoms with Gasteiger partial charge in [-0.15, -0.1) is 0 Å². The van der Waals surface area contributed by atoms with E-state index in [1.807, 2.05) is 0 Å². The first-order valence-corrected chi connectivity index (χ1v) is 12.9. The minimum atomic E-state index is -4.53. The van der Waals surface area contributed by atoms with Crippen molar-refractivity contribution >= 4 is 28.5 Å². The number of benzene rings is 2. The summed E-state index contributed by atoms with van der Waals surface area (Å²) < 4.78 is 56.6. The summed E-state index contributed by atoms with van der Waals surface area (Å²) in [6.45, 7) is 7.36. The second-order valence-electron chi connectivity index (χ2n) is 9.97. The molecule has 0 saturated carbocycles. The number of hydrogen-bond acceptors (Lipinski definition) is 9. The van der Waals surface area contributed by atoms with E-state index in [9.17, 15) is 18.0 Å². The molecule has 0 spiro atoms. The summed E-state index contributed by atoms with van der Waals surface area (Å²) in [4.78, 5) is 25.9. The molecule has 0 aliphatic carbocycles. The lowest BCUT2D eigenvalue weighted by atomic mass is 10.0. The maximum Gasteiger partial charge on any atom is 0.416 e. The van der Waals surface area contributed by atoms with E-state index in [2.05, 4.69) is 20.2 Å². The lowest BCUT2D eigenvalue weighted by Crippen LogP contribution is -2.57. The average Bonchev–Trinajstić information content (AvgIpc) is 2.87. The molecule has 10 nitrogen and oxygen atoms in total. The summed E-state index contributed by atoms with van der Waals surface area (Å²) in [7, 11) is 1.46. The van der Waals surface area contributed by atoms with Crippen molar-refractivity contribution in [2.24, 2.45) is 0 Å². The molecule has 13 heteroatoms. The quantitative estimate of drug-likeness (QED) is 0.427. The number of nitrogen functional groups attached to an aromatic ring is 1. The van der Waals surface area contributed by atoms with Gasteiger partial charge in [-0.3, -0.25) is 4.90 Å². The molecule has 0 bridgehead atoms. The van der Waals surface area contributed by atoms with Gasteiger partial charge in [-0.05, 0) is 43.7 Å². The number of nitrogens with one attached hydrogen (secondary N) is 1. The molecule has 1 amide bonds. The van der Waals surface area contributed by atoms with Gasteiger partial charge in [0.1, 0.15) is 11.6 Å². The smallest absolute Gasteiger partial charge is 0.416 e. The highest BCUT2D eigenvalue weighted by Gasteiger charge is 2.32. The topological polar surface area (TPSA) is 115 Å². The lowest BCUT2D eigenvalue weighted by Gasteiger charge is -2.42. The zero-order valence-electron chi connectivity index (χ0n) is 22.4. The van der Waals surface area contributed by atoms with Gasteiger partial charge in [0.05, 0.1) is 43.5 Å². The number of alkyl halides is 3. The average molecular weight is 561 g/mol. The Balaban J connectivity index is 1.39. The molecule has 2 saturated heterocycles. The van der Waals surface area contributed by atoms with Gasteiger partial charge in [-0.2, -0.15) is 13.2 Å². The van der Waals surface area contributed by atoms with Gasteiger partial charge in [-0.1, -0.05) is 0 Å². The van der Waals surface area contributed by atoms with Crippen LogP contribution in [-0.2, 0) is 10.9 Å². The lowest BCUT2D eigenvalue weighted by molar-refractivity contribution is -0.137. The Morgan fingerprint density at radius 2 is 1.82 bits per heavy atom. The van der Waals surface area contributed by atoms with E-state index >= 15 is 0 Å². The fourth-order valence-electron chi connectivity index (χ4n) is 4.84. The molecule has 1 aromatic heterocycles. The van der Waals surface area contributed by atoms with Crippen molar-refractivity contribution < 1.29 is 32.2 Å². The van der Waals surface area contributed by atoms with E-state index in [0.717, 1.165) is 38.4 Å². The normalized spacial score (nSPS) is 17.4. The Kier molecular flexibility index (Phi) is 7.60. The van der Waals surface area contributed by atoms with Crippen molar-refractivity contribution in [1.29, 1.82) is 0 Å². The van der Waals surface area contributed by atoms with Crippen molar-refractivity contribution in [3.05, 3.63) is 47.3 Å². The first-order chi connectivity index (χ1) is 19.0. The largest absolute Gasteiger partial charge is 0.493 e. The number of hydrogen-bond donors (Lipinski definition) is 2. The van der Waals surface area contributed by atoms with Gasteiger partial charge < -0.3 is 30.2 Å². The fourth-order valence-corrected chi connectivity index (χ4v) is 4.84. The highest BCUT2D eigenvalue weighted by atomic mass is 19.4. The zero-order valence-corrected chi connectivity index (χ0v) is 22.4. The number of aromatic nitrogens is 2. The van der Waals surface area contributed by atoms with Crippen LogP contribution in [0.4, 0.5) is 29.5 Å². The second-order valence-corrected chi connectivity index (χ2v) is 9.97. The first-order valence-electron chi connectivity index (χ1n) is 12.9. The number of nitrogens with zero attached hydrogens (tertiary/aromatic N) is 4. The fraction of sp³-hybridized carbons (Fsp3) is 0.444. The SMILES string of the molecule is COc1cc2nc(C)nc(NC(C)c3cc(N)cc(C(F)(F)F)c3)c2cc1OC(=O)N1CCN(C2COC2)CC1. The van der Waals surface area contributed by atoms with Gasteiger partial charge in [-0.25, -0.2) is 14.8 Å². The Hall–Kier alpha value is -3.84. The number of nitrogens with two attached hydrogens (primary N) is 1. The molecule has 2 aliphatic heterocycles. The Morgan fingerprint density at radius 3 is 2.45 bits per heavy atom. The number of carbonyl (C=O) groups excluding carboxylic acids is 1. The number of anilines is 2. The molecule has 1 atom stereocenters. The van der Waals surface area contributed by atoms with Crippen molar-refractivity contribution in [2.45, 2.75) is 32.1 Å². The summed E-state index contributed by atoms with van der Waals surface area (Å²) in [5, 5.41) is 3.68. The van der Waals surface area contributed by atoms with Gasteiger partial charge in [0.25, 0.3) is 0 Å². The molecule has 1 unspecified atom stereocenters. The van der Waals surface area contributed by atoms with E-state index < -0.39 is 23.9 Å². The van der Waals surface area contributed by atoms with Crippen LogP contribution in [-0.4, -0.2) is 78.4 Å². The van der Waals surface area contributed by atoms with Gasteiger partial charge in [0.2, 0.25) is 0 Å². The Bertz CT molecular complexity index is 1410. The van der Waals surface area contributed by atoms with Gasteiger partial charge in [0, 0.05) is 43.3 Å². The number of amides is 1. The maximum absolute atomic E-state index is 13.4. The molecule has 0 radical (unpaired) electrons. The summed E-state index contributed by atoms with van der Waals surface area (Å²) in [5.41, 5.74) is 5.79. The summed E-state index contributed by atoms with van der Waals surface area (Å²) >= 11 is 0. The van der Waals surface area contributed by atoms with Crippen LogP contribution in [0.2, 0.25) is 0 Å². The molecule has 3 aromatic rings. The number of methoxy groups -OCH3 is 1. The summed E-state index contributed by atoms with van der Waals surface area (Å²) in [5.74, 6) is 1.30. The van der Waals surface area contributed by atoms with Crippen LogP contribution in [0, 0.1) is 6.92 Å². The van der Waals surface area contributed by atoms with E-state index in [1.165, 1.54) is 13.2 Å². The monoisotopic (exact) mass is 560 g/mol. The molecule has 40 heavy (non-hydrogen) atoms. The van der Waals surface area contributed by atoms with Crippen LogP contribution in [0.15, 0.2) is 30.3 Å². The van der Waals surface area contributed by atoms with E-state index in [0.29, 0.717) is 53.0 Å². The van der Waals surface area contributed by atoms with E-state index in [1.54, 1.807) is 30.9 Å². The number of piperazine rings is 1. The van der Waals surface area contributed by atoms with Crippen molar-refractivity contribution in [1.82, 2.24) is 19.8 Å². The molecule has 3 heterocycles. The number of aryl methyl sites for hydroxylation is 1. The van der Waals surface area contributed by atoms with Crippen LogP contribution in [0.1, 0.15) is 29.9 Å². The summed E-state index contributed by atoms with van der Waals surface area (Å²) in [6, 6.07) is 6.49. The van der Waals surface area contributed by atoms with Crippen molar-refractivity contribution in [3.63, 3.8) is 0 Å². The van der Waals surface area contributed by atoms with E-state index in [-0.39, 0.29) is 11.4 Å². The number of ether oxygens (including phenoxy) is 3. The third-order valence-corrected chi connectivity index (χ3v) is 7.16. The molecule has 2 fully saturated rings. The third-order valence-electron chi connectivity index (χ3n) is 7.16. The van der Waals surface area contributed by atoms with Crippen LogP contribution >= 0.6 is 0 Å². The number of fused-ring (bicyclic) bond motifs is 1. The third kappa shape index (κ3) is 5.85. The predicted molar refractivity (Wildman–Crippen MR) is 142 cm³/mol. The molecule has 5 rings (SSSR count). The van der Waals surface area contributed by atoms with Crippen LogP contribution in [0.25, 0.3) is 10.9 Å². The Labute approximate surface area is 229 Å². The van der Waals surface area contributed by atoms with Gasteiger partial charge in [0.15, 0.2) is 11.5 Å². The first kappa shape index (κ1) is 27.7. The molecule has 2 aliphatic rings. The standard InChI is InChI=1S/C27H31F3N6O4/c1-15(17-8-18(27(28,29)30)10-19(31)9-17)32-25-21-11-24(23(38-3)12-22(21)33-16(2)34-25)40-26(37)36-6-4-35(5-7-36)20-13-39-14-20/h8-12,15,20H,4-7,13-14,31H2,1-3H3,(H,32,33,34). The molecule has 214 valence electrons. The number of rotatable bonds is 6. The Morgan fingerprint density at radius 1 is 1.10 bits per heavy atom. The zero-order chi connectivity index (χ0) is 28.6. The number of halogens is 3. The van der Waals surface area contributed by atoms with Gasteiger partial charge >= 0.3 is 12.3 Å². The second kappa shape index (κ2) is 11.0. The highest BCUT2D eigenvalue weighted by molar-refractivity contribution is 5.92. The van der Waals surface area contributed by atoms with Crippen LogP contribution in [0.5, 0.6) is 11.5 Å². The summed E-state index contributed by atoms with van der Waals surface area (Å²) in [6.07, 6.45) is -5.03. The molecular weight excluding hydrogens is 529 g/mol. The van der Waals surface area contributed by atoms with Crippen LogP contribution < -0.4 is 20.5 Å². The van der Waals surface area contributed by atoms with E-state index in [4.69, 9.17) is 19.9 Å². The molecule has 3 N–H and O–H groups in total. The van der Waals surface area contributed by atoms with Crippen molar-refractivity contribution in [2.75, 3.05) is 57.6 Å².